The number of esters is 1. The summed E-state index contributed by atoms with van der Waals surface area (Å²) in [6.07, 6.45) is 1.21. The summed E-state index contributed by atoms with van der Waals surface area (Å²) in [5.74, 6) is -0.796. The van der Waals surface area contributed by atoms with E-state index in [0.717, 1.165) is 19.6 Å². The van der Waals surface area contributed by atoms with Gasteiger partial charge in [-0.2, -0.15) is 0 Å². The highest BCUT2D eigenvalue weighted by Crippen LogP contribution is 2.31. The Morgan fingerprint density at radius 2 is 1.95 bits per heavy atom. The molecule has 1 fully saturated rings. The van der Waals surface area contributed by atoms with Crippen molar-refractivity contribution < 1.29 is 14.6 Å². The van der Waals surface area contributed by atoms with Gasteiger partial charge in [-0.1, -0.05) is 30.3 Å². The number of piperidine rings is 1. The summed E-state index contributed by atoms with van der Waals surface area (Å²) in [4.78, 5) is 13.9. The van der Waals surface area contributed by atoms with Crippen molar-refractivity contribution in [3.05, 3.63) is 35.9 Å². The number of ether oxygens (including phenoxy) is 1. The monoisotopic (exact) mass is 277 g/mol. The summed E-state index contributed by atoms with van der Waals surface area (Å²) in [6.45, 7) is 4.24. The molecule has 1 heterocycles. The number of aliphatic hydroxyl groups is 1. The number of benzene rings is 1. The van der Waals surface area contributed by atoms with Gasteiger partial charge in [-0.3, -0.25) is 9.69 Å². The summed E-state index contributed by atoms with van der Waals surface area (Å²) in [5, 5.41) is 10.6. The van der Waals surface area contributed by atoms with Crippen LogP contribution in [0.1, 0.15) is 25.3 Å². The summed E-state index contributed by atoms with van der Waals surface area (Å²) in [6, 6.07) is 10.3. The van der Waals surface area contributed by atoms with Crippen LogP contribution in [0, 0.1) is 5.92 Å². The van der Waals surface area contributed by atoms with Crippen molar-refractivity contribution in [3.63, 3.8) is 0 Å². The SMILES string of the molecule is COC(=O)C(C)C1(O)CCN(Cc2ccccc2)CC1. The Balaban J connectivity index is 1.90. The Morgan fingerprint density at radius 1 is 1.35 bits per heavy atom. The minimum Gasteiger partial charge on any atom is -0.469 e. The molecule has 0 radical (unpaired) electrons. The second-order valence-corrected chi connectivity index (χ2v) is 5.61. The summed E-state index contributed by atoms with van der Waals surface area (Å²) in [5.41, 5.74) is 0.347. The zero-order valence-electron chi connectivity index (χ0n) is 12.2. The summed E-state index contributed by atoms with van der Waals surface area (Å²) >= 11 is 0. The van der Waals surface area contributed by atoms with Gasteiger partial charge in [-0.25, -0.2) is 0 Å². The van der Waals surface area contributed by atoms with Crippen molar-refractivity contribution in [1.82, 2.24) is 4.90 Å². The normalized spacial score (nSPS) is 20.4. The predicted molar refractivity (Wildman–Crippen MR) is 77.1 cm³/mol. The third kappa shape index (κ3) is 3.38. The van der Waals surface area contributed by atoms with Crippen LogP contribution < -0.4 is 0 Å². The van der Waals surface area contributed by atoms with E-state index in [9.17, 15) is 9.90 Å². The first kappa shape index (κ1) is 15.0. The van der Waals surface area contributed by atoms with Crippen molar-refractivity contribution in [2.45, 2.75) is 31.9 Å². The molecule has 0 amide bonds. The molecule has 1 aromatic carbocycles. The first-order valence-corrected chi connectivity index (χ1v) is 7.11. The predicted octanol–water partition coefficient (Wildman–Crippen LogP) is 1.82. The molecule has 0 saturated carbocycles. The van der Waals surface area contributed by atoms with E-state index in [1.165, 1.54) is 12.7 Å². The van der Waals surface area contributed by atoms with E-state index in [4.69, 9.17) is 4.74 Å². The topological polar surface area (TPSA) is 49.8 Å². The fraction of sp³-hybridized carbons (Fsp3) is 0.562. The van der Waals surface area contributed by atoms with Gasteiger partial charge in [0.15, 0.2) is 0 Å². The van der Waals surface area contributed by atoms with Gasteiger partial charge in [0, 0.05) is 19.6 Å². The molecule has 4 nitrogen and oxygen atoms in total. The maximum atomic E-state index is 11.6. The van der Waals surface area contributed by atoms with Crippen molar-refractivity contribution in [3.8, 4) is 0 Å². The third-order valence-electron chi connectivity index (χ3n) is 4.33. The number of rotatable bonds is 4. The fourth-order valence-electron chi connectivity index (χ4n) is 2.77. The van der Waals surface area contributed by atoms with Crippen molar-refractivity contribution >= 4 is 5.97 Å². The minimum absolute atomic E-state index is 0.330. The van der Waals surface area contributed by atoms with Gasteiger partial charge < -0.3 is 9.84 Å². The van der Waals surface area contributed by atoms with Crippen LogP contribution in [-0.4, -0.2) is 41.8 Å². The van der Waals surface area contributed by atoms with Gasteiger partial charge in [-0.05, 0) is 25.3 Å². The Bertz CT molecular complexity index is 438. The lowest BCUT2D eigenvalue weighted by Gasteiger charge is -2.40. The van der Waals surface area contributed by atoms with Gasteiger partial charge in [0.25, 0.3) is 0 Å². The van der Waals surface area contributed by atoms with E-state index in [1.54, 1.807) is 6.92 Å². The average Bonchev–Trinajstić information content (AvgIpc) is 2.49. The van der Waals surface area contributed by atoms with Crippen molar-refractivity contribution in [2.75, 3.05) is 20.2 Å². The van der Waals surface area contributed by atoms with Gasteiger partial charge in [0.05, 0.1) is 18.6 Å². The molecule has 2 rings (SSSR count). The molecule has 20 heavy (non-hydrogen) atoms. The first-order chi connectivity index (χ1) is 9.55. The van der Waals surface area contributed by atoms with E-state index in [-0.39, 0.29) is 5.97 Å². The molecular formula is C16H23NO3. The highest BCUT2D eigenvalue weighted by molar-refractivity contribution is 5.73. The lowest BCUT2D eigenvalue weighted by atomic mass is 9.80. The quantitative estimate of drug-likeness (QED) is 0.853. The zero-order chi connectivity index (χ0) is 14.6. The van der Waals surface area contributed by atoms with E-state index >= 15 is 0 Å². The van der Waals surface area contributed by atoms with E-state index in [2.05, 4.69) is 17.0 Å². The summed E-state index contributed by atoms with van der Waals surface area (Å²) in [7, 11) is 1.37. The number of carbonyl (C=O) groups is 1. The fourth-order valence-corrected chi connectivity index (χ4v) is 2.77. The van der Waals surface area contributed by atoms with Crippen molar-refractivity contribution in [1.29, 1.82) is 0 Å². The highest BCUT2D eigenvalue weighted by Gasteiger charge is 2.41. The Kier molecular flexibility index (Phi) is 4.78. The average molecular weight is 277 g/mol. The van der Waals surface area contributed by atoms with Gasteiger partial charge in [-0.15, -0.1) is 0 Å². The molecule has 0 spiro atoms. The van der Waals surface area contributed by atoms with Crippen LogP contribution in [0.5, 0.6) is 0 Å². The van der Waals surface area contributed by atoms with Crippen LogP contribution in [0.2, 0.25) is 0 Å². The number of hydrogen-bond acceptors (Lipinski definition) is 4. The molecule has 1 N–H and O–H groups in total. The van der Waals surface area contributed by atoms with Gasteiger partial charge in [0.2, 0.25) is 0 Å². The second-order valence-electron chi connectivity index (χ2n) is 5.61. The van der Waals surface area contributed by atoms with Crippen LogP contribution in [-0.2, 0) is 16.1 Å². The Labute approximate surface area is 120 Å². The lowest BCUT2D eigenvalue weighted by Crippen LogP contribution is -2.50. The molecule has 1 aliphatic heterocycles. The van der Waals surface area contributed by atoms with Crippen LogP contribution in [0.15, 0.2) is 30.3 Å². The molecule has 110 valence electrons. The maximum absolute atomic E-state index is 11.6. The zero-order valence-corrected chi connectivity index (χ0v) is 12.2. The molecule has 1 aliphatic rings. The molecule has 1 saturated heterocycles. The number of methoxy groups -OCH3 is 1. The van der Waals surface area contributed by atoms with Crippen LogP contribution in [0.3, 0.4) is 0 Å². The van der Waals surface area contributed by atoms with E-state index in [0.29, 0.717) is 12.8 Å². The van der Waals surface area contributed by atoms with Crippen LogP contribution in [0.4, 0.5) is 0 Å². The molecule has 1 aromatic rings. The van der Waals surface area contributed by atoms with E-state index < -0.39 is 11.5 Å². The highest BCUT2D eigenvalue weighted by atomic mass is 16.5. The Morgan fingerprint density at radius 3 is 2.50 bits per heavy atom. The smallest absolute Gasteiger partial charge is 0.311 e. The van der Waals surface area contributed by atoms with Crippen LogP contribution >= 0.6 is 0 Å². The van der Waals surface area contributed by atoms with E-state index in [1.807, 2.05) is 18.2 Å². The van der Waals surface area contributed by atoms with Gasteiger partial charge in [0.1, 0.15) is 0 Å². The standard InChI is InChI=1S/C16H23NO3/c1-13(15(18)20-2)16(19)8-10-17(11-9-16)12-14-6-4-3-5-7-14/h3-7,13,19H,8-12H2,1-2H3. The maximum Gasteiger partial charge on any atom is 0.311 e. The Hall–Kier alpha value is -1.39. The third-order valence-corrected chi connectivity index (χ3v) is 4.33. The van der Waals surface area contributed by atoms with Crippen molar-refractivity contribution in [2.24, 2.45) is 5.92 Å². The first-order valence-electron chi connectivity index (χ1n) is 7.11. The molecule has 1 atom stereocenters. The number of carbonyl (C=O) groups excluding carboxylic acids is 1. The molecule has 0 bridgehead atoms. The van der Waals surface area contributed by atoms with Gasteiger partial charge >= 0.3 is 5.97 Å². The summed E-state index contributed by atoms with van der Waals surface area (Å²) < 4.78 is 4.74. The second kappa shape index (κ2) is 6.37. The molecular weight excluding hydrogens is 254 g/mol. The minimum atomic E-state index is -0.930. The number of nitrogens with zero attached hydrogens (tertiary/aromatic N) is 1. The number of hydrogen-bond donors (Lipinski definition) is 1. The largest absolute Gasteiger partial charge is 0.469 e. The molecule has 0 aliphatic carbocycles. The molecule has 0 aromatic heterocycles. The molecule has 1 unspecified atom stereocenters. The number of likely N-dealkylation sites (tertiary alicyclic amines) is 1. The lowest BCUT2D eigenvalue weighted by molar-refractivity contribution is -0.158. The van der Waals surface area contributed by atoms with Crippen LogP contribution in [0.25, 0.3) is 0 Å². The molecule has 4 heteroatoms.